The third kappa shape index (κ3) is 4.68. The summed E-state index contributed by atoms with van der Waals surface area (Å²) in [6.07, 6.45) is 0. The smallest absolute Gasteiger partial charge is 0.328 e. The van der Waals surface area contributed by atoms with Crippen molar-refractivity contribution in [3.63, 3.8) is 0 Å². The molecular formula is C19H15Cl2N3O4. The zero-order valence-corrected chi connectivity index (χ0v) is 16.2. The summed E-state index contributed by atoms with van der Waals surface area (Å²) in [5.41, 5.74) is 0.848. The van der Waals surface area contributed by atoms with Crippen molar-refractivity contribution in [1.82, 2.24) is 15.5 Å². The van der Waals surface area contributed by atoms with Crippen LogP contribution in [0.4, 0.5) is 0 Å². The normalized spacial score (nSPS) is 11.7. The minimum Gasteiger partial charge on any atom is -0.456 e. The SMILES string of the molecule is C[C@H](NC(=O)c1ccccc1Cl)C(=O)OCc1noc(-c2ccccc2Cl)n1. The Morgan fingerprint density at radius 1 is 1.11 bits per heavy atom. The fourth-order valence-electron chi connectivity index (χ4n) is 2.30. The van der Waals surface area contributed by atoms with Crippen LogP contribution in [0.15, 0.2) is 53.1 Å². The van der Waals surface area contributed by atoms with E-state index in [1.54, 1.807) is 48.5 Å². The molecule has 0 bridgehead atoms. The van der Waals surface area contributed by atoms with Gasteiger partial charge in [-0.1, -0.05) is 52.6 Å². The monoisotopic (exact) mass is 419 g/mol. The van der Waals surface area contributed by atoms with Gasteiger partial charge in [0.25, 0.3) is 11.8 Å². The number of benzene rings is 2. The molecule has 9 heteroatoms. The number of carbonyl (C=O) groups excluding carboxylic acids is 2. The molecule has 3 aromatic rings. The van der Waals surface area contributed by atoms with Crippen LogP contribution in [0.25, 0.3) is 11.5 Å². The van der Waals surface area contributed by atoms with Crippen LogP contribution in [0.1, 0.15) is 23.1 Å². The zero-order chi connectivity index (χ0) is 20.1. The molecule has 144 valence electrons. The minimum absolute atomic E-state index is 0.174. The van der Waals surface area contributed by atoms with Crippen LogP contribution in [0.3, 0.4) is 0 Å². The van der Waals surface area contributed by atoms with Gasteiger partial charge in [-0.15, -0.1) is 0 Å². The first-order chi connectivity index (χ1) is 13.5. The largest absolute Gasteiger partial charge is 0.456 e. The predicted molar refractivity (Wildman–Crippen MR) is 103 cm³/mol. The average molecular weight is 420 g/mol. The molecule has 0 spiro atoms. The van der Waals surface area contributed by atoms with Crippen molar-refractivity contribution in [3.05, 3.63) is 70.0 Å². The molecule has 0 saturated carbocycles. The molecular weight excluding hydrogens is 405 g/mol. The van der Waals surface area contributed by atoms with Gasteiger partial charge in [-0.25, -0.2) is 4.79 Å². The molecule has 0 fully saturated rings. The first-order valence-corrected chi connectivity index (χ1v) is 9.01. The van der Waals surface area contributed by atoms with E-state index in [0.717, 1.165) is 0 Å². The number of hydrogen-bond donors (Lipinski definition) is 1. The van der Waals surface area contributed by atoms with Crippen LogP contribution >= 0.6 is 23.2 Å². The molecule has 0 aliphatic carbocycles. The first-order valence-electron chi connectivity index (χ1n) is 8.25. The Kier molecular flexibility index (Phi) is 6.28. The van der Waals surface area contributed by atoms with Crippen molar-refractivity contribution >= 4 is 35.1 Å². The molecule has 0 radical (unpaired) electrons. The van der Waals surface area contributed by atoms with E-state index in [-0.39, 0.29) is 23.9 Å². The van der Waals surface area contributed by atoms with Crippen LogP contribution in [0, 0.1) is 0 Å². The molecule has 1 heterocycles. The summed E-state index contributed by atoms with van der Waals surface area (Å²) in [6, 6.07) is 12.6. The minimum atomic E-state index is -0.890. The fourth-order valence-corrected chi connectivity index (χ4v) is 2.73. The number of aromatic nitrogens is 2. The second-order valence-electron chi connectivity index (χ2n) is 5.78. The molecule has 7 nitrogen and oxygen atoms in total. The summed E-state index contributed by atoms with van der Waals surface area (Å²) in [5, 5.41) is 7.04. The van der Waals surface area contributed by atoms with Gasteiger partial charge < -0.3 is 14.6 Å². The van der Waals surface area contributed by atoms with Crippen LogP contribution < -0.4 is 5.32 Å². The third-order valence-electron chi connectivity index (χ3n) is 3.74. The summed E-state index contributed by atoms with van der Waals surface area (Å²) in [5.74, 6) is -0.732. The lowest BCUT2D eigenvalue weighted by Gasteiger charge is -2.13. The van der Waals surface area contributed by atoms with Crippen molar-refractivity contribution in [2.45, 2.75) is 19.6 Å². The molecule has 28 heavy (non-hydrogen) atoms. The van der Waals surface area contributed by atoms with Crippen molar-refractivity contribution in [3.8, 4) is 11.5 Å². The van der Waals surface area contributed by atoms with Gasteiger partial charge in [0, 0.05) is 0 Å². The molecule has 1 N–H and O–H groups in total. The Labute approximate surface area is 170 Å². The summed E-state index contributed by atoms with van der Waals surface area (Å²) in [4.78, 5) is 28.5. The highest BCUT2D eigenvalue weighted by molar-refractivity contribution is 6.34. The highest BCUT2D eigenvalue weighted by atomic mass is 35.5. The van der Waals surface area contributed by atoms with Gasteiger partial charge in [0.15, 0.2) is 6.61 Å². The van der Waals surface area contributed by atoms with E-state index < -0.39 is 17.9 Å². The lowest BCUT2D eigenvalue weighted by molar-refractivity contribution is -0.147. The first kappa shape index (κ1) is 19.9. The van der Waals surface area contributed by atoms with E-state index in [4.69, 9.17) is 32.5 Å². The Bertz CT molecular complexity index is 1010. The Balaban J connectivity index is 1.56. The standard InChI is InChI=1S/C19H15Cl2N3O4/c1-11(22-17(25)12-6-2-4-8-14(12)20)19(26)27-10-16-23-18(28-24-16)13-7-3-5-9-15(13)21/h2-9,11H,10H2,1H3,(H,22,25)/t11-/m0/s1. The molecule has 0 unspecified atom stereocenters. The maximum Gasteiger partial charge on any atom is 0.328 e. The van der Waals surface area contributed by atoms with Crippen molar-refractivity contribution in [2.24, 2.45) is 0 Å². The summed E-state index contributed by atoms with van der Waals surface area (Å²) >= 11 is 12.1. The number of halogens is 2. The van der Waals surface area contributed by atoms with Crippen LogP contribution in [-0.4, -0.2) is 28.1 Å². The van der Waals surface area contributed by atoms with Gasteiger partial charge in [-0.2, -0.15) is 4.98 Å². The quantitative estimate of drug-likeness (QED) is 0.608. The van der Waals surface area contributed by atoms with Crippen LogP contribution in [0.2, 0.25) is 10.0 Å². The van der Waals surface area contributed by atoms with Crippen LogP contribution in [-0.2, 0) is 16.1 Å². The number of hydrogen-bond acceptors (Lipinski definition) is 6. The van der Waals surface area contributed by atoms with Crippen LogP contribution in [0.5, 0.6) is 0 Å². The van der Waals surface area contributed by atoms with Crippen molar-refractivity contribution in [2.75, 3.05) is 0 Å². The maximum atomic E-state index is 12.2. The zero-order valence-electron chi connectivity index (χ0n) is 14.7. The Hall–Kier alpha value is -2.90. The van der Waals surface area contributed by atoms with Gasteiger partial charge in [0.2, 0.25) is 5.82 Å². The van der Waals surface area contributed by atoms with E-state index in [1.165, 1.54) is 6.92 Å². The summed E-state index contributed by atoms with van der Waals surface area (Å²) < 4.78 is 10.3. The number of esters is 1. The topological polar surface area (TPSA) is 94.3 Å². The maximum absolute atomic E-state index is 12.2. The molecule has 0 aliphatic heterocycles. The van der Waals surface area contributed by atoms with E-state index in [2.05, 4.69) is 15.5 Å². The molecule has 1 atom stereocenters. The lowest BCUT2D eigenvalue weighted by Crippen LogP contribution is -2.39. The Morgan fingerprint density at radius 2 is 1.79 bits per heavy atom. The molecule has 1 aromatic heterocycles. The number of rotatable bonds is 6. The van der Waals surface area contributed by atoms with Crippen molar-refractivity contribution in [1.29, 1.82) is 0 Å². The second-order valence-corrected chi connectivity index (χ2v) is 6.59. The van der Waals surface area contributed by atoms with E-state index in [1.807, 2.05) is 0 Å². The summed E-state index contributed by atoms with van der Waals surface area (Å²) in [6.45, 7) is 1.29. The van der Waals surface area contributed by atoms with Gasteiger partial charge in [-0.05, 0) is 31.2 Å². The van der Waals surface area contributed by atoms with E-state index in [0.29, 0.717) is 15.6 Å². The number of nitrogens with zero attached hydrogens (tertiary/aromatic N) is 2. The molecule has 1 amide bonds. The van der Waals surface area contributed by atoms with Crippen molar-refractivity contribution < 1.29 is 18.8 Å². The highest BCUT2D eigenvalue weighted by Gasteiger charge is 2.20. The number of ether oxygens (including phenoxy) is 1. The molecule has 2 aromatic carbocycles. The van der Waals surface area contributed by atoms with E-state index in [9.17, 15) is 9.59 Å². The average Bonchev–Trinajstić information content (AvgIpc) is 3.15. The Morgan fingerprint density at radius 3 is 2.50 bits per heavy atom. The number of carbonyl (C=O) groups is 2. The second kappa shape index (κ2) is 8.86. The highest BCUT2D eigenvalue weighted by Crippen LogP contribution is 2.25. The molecule has 0 saturated heterocycles. The fraction of sp³-hybridized carbons (Fsp3) is 0.158. The van der Waals surface area contributed by atoms with E-state index >= 15 is 0 Å². The van der Waals surface area contributed by atoms with Gasteiger partial charge in [0.05, 0.1) is 21.2 Å². The molecule has 3 rings (SSSR count). The van der Waals surface area contributed by atoms with Gasteiger partial charge in [-0.3, -0.25) is 4.79 Å². The molecule has 0 aliphatic rings. The summed E-state index contributed by atoms with van der Waals surface area (Å²) in [7, 11) is 0. The van der Waals surface area contributed by atoms with Gasteiger partial charge in [0.1, 0.15) is 6.04 Å². The lowest BCUT2D eigenvalue weighted by atomic mass is 10.2. The predicted octanol–water partition coefficient (Wildman–Crippen LogP) is 3.91. The number of nitrogens with one attached hydrogen (secondary N) is 1. The third-order valence-corrected chi connectivity index (χ3v) is 4.39. The number of amides is 1. The van der Waals surface area contributed by atoms with Gasteiger partial charge >= 0.3 is 5.97 Å².